The lowest BCUT2D eigenvalue weighted by Crippen LogP contribution is -2.47. The van der Waals surface area contributed by atoms with Crippen LogP contribution in [0.3, 0.4) is 0 Å². The Hall–Kier alpha value is -2.24. The molecule has 0 saturated heterocycles. The van der Waals surface area contributed by atoms with Crippen LogP contribution in [0.25, 0.3) is 0 Å². The Morgan fingerprint density at radius 2 is 1.83 bits per heavy atom. The van der Waals surface area contributed by atoms with Gasteiger partial charge in [0, 0.05) is 29.6 Å². The highest BCUT2D eigenvalue weighted by Crippen LogP contribution is 2.21. The van der Waals surface area contributed by atoms with Crippen molar-refractivity contribution in [3.8, 4) is 5.75 Å². The zero-order valence-electron chi connectivity index (χ0n) is 16.9. The minimum Gasteiger partial charge on any atom is -0.497 e. The summed E-state index contributed by atoms with van der Waals surface area (Å²) < 4.78 is 5.17. The van der Waals surface area contributed by atoms with Crippen LogP contribution in [0.1, 0.15) is 37.8 Å². The molecule has 0 radical (unpaired) electrons. The Morgan fingerprint density at radius 3 is 2.41 bits per heavy atom. The molecule has 156 valence electrons. The summed E-state index contributed by atoms with van der Waals surface area (Å²) in [5.41, 5.74) is 1.69. The van der Waals surface area contributed by atoms with Gasteiger partial charge in [-0.25, -0.2) is 0 Å². The molecular weight excluding hydrogens is 411 g/mol. The SMILES string of the molecule is CCCC(=O)N(Cc1ccc(OC)cc1)[C@@H](C)C(=O)NCc1ccc(Cl)cc1Cl. The topological polar surface area (TPSA) is 58.6 Å². The Balaban J connectivity index is 2.09. The van der Waals surface area contributed by atoms with Crippen LogP contribution in [0.5, 0.6) is 5.75 Å². The number of hydrogen-bond acceptors (Lipinski definition) is 3. The summed E-state index contributed by atoms with van der Waals surface area (Å²) in [6.07, 6.45) is 1.10. The molecule has 0 aromatic heterocycles. The van der Waals surface area contributed by atoms with E-state index in [1.807, 2.05) is 31.2 Å². The minimum atomic E-state index is -0.623. The van der Waals surface area contributed by atoms with Crippen molar-refractivity contribution in [3.63, 3.8) is 0 Å². The van der Waals surface area contributed by atoms with Gasteiger partial charge in [-0.05, 0) is 48.7 Å². The number of amides is 2. The first-order valence-corrected chi connectivity index (χ1v) is 10.2. The molecule has 7 heteroatoms. The van der Waals surface area contributed by atoms with E-state index in [2.05, 4.69) is 5.32 Å². The molecule has 0 fully saturated rings. The zero-order valence-corrected chi connectivity index (χ0v) is 18.4. The predicted molar refractivity (Wildman–Crippen MR) is 116 cm³/mol. The molecule has 1 atom stereocenters. The fourth-order valence-corrected chi connectivity index (χ4v) is 3.34. The molecule has 2 rings (SSSR count). The van der Waals surface area contributed by atoms with E-state index in [4.69, 9.17) is 27.9 Å². The maximum atomic E-state index is 12.7. The molecule has 5 nitrogen and oxygen atoms in total. The molecule has 0 unspecified atom stereocenters. The van der Waals surface area contributed by atoms with Gasteiger partial charge >= 0.3 is 0 Å². The third-order valence-corrected chi connectivity index (χ3v) is 5.20. The van der Waals surface area contributed by atoms with Gasteiger partial charge < -0.3 is 15.0 Å². The van der Waals surface area contributed by atoms with E-state index < -0.39 is 6.04 Å². The van der Waals surface area contributed by atoms with Gasteiger partial charge in [0.15, 0.2) is 0 Å². The Kier molecular flexibility index (Phi) is 8.80. The van der Waals surface area contributed by atoms with E-state index in [1.165, 1.54) is 0 Å². The smallest absolute Gasteiger partial charge is 0.242 e. The number of nitrogens with zero attached hydrogens (tertiary/aromatic N) is 1. The lowest BCUT2D eigenvalue weighted by atomic mass is 10.1. The monoisotopic (exact) mass is 436 g/mol. The second kappa shape index (κ2) is 11.1. The lowest BCUT2D eigenvalue weighted by molar-refractivity contribution is -0.140. The van der Waals surface area contributed by atoms with Gasteiger partial charge in [-0.3, -0.25) is 9.59 Å². The fourth-order valence-electron chi connectivity index (χ4n) is 2.86. The summed E-state index contributed by atoms with van der Waals surface area (Å²) in [5, 5.41) is 3.89. The van der Waals surface area contributed by atoms with E-state index in [9.17, 15) is 9.59 Å². The average molecular weight is 437 g/mol. The molecule has 0 spiro atoms. The van der Waals surface area contributed by atoms with Gasteiger partial charge in [0.05, 0.1) is 7.11 Å². The molecule has 0 aliphatic carbocycles. The van der Waals surface area contributed by atoms with E-state index in [1.54, 1.807) is 37.1 Å². The summed E-state index contributed by atoms with van der Waals surface area (Å²) >= 11 is 12.1. The maximum Gasteiger partial charge on any atom is 0.242 e. The standard InChI is InChI=1S/C22H26Cl2N2O3/c1-4-5-21(27)26(14-16-6-10-19(29-3)11-7-16)15(2)22(28)25-13-17-8-9-18(23)12-20(17)24/h6-12,15H,4-5,13-14H2,1-3H3,(H,25,28)/t15-/m0/s1. The summed E-state index contributed by atoms with van der Waals surface area (Å²) in [5.74, 6) is 0.440. The van der Waals surface area contributed by atoms with E-state index in [0.717, 1.165) is 16.9 Å². The van der Waals surface area contributed by atoms with Gasteiger partial charge in [-0.2, -0.15) is 0 Å². The van der Waals surface area contributed by atoms with Crippen LogP contribution in [-0.2, 0) is 22.7 Å². The fraction of sp³-hybridized carbons (Fsp3) is 0.364. The van der Waals surface area contributed by atoms with Crippen LogP contribution in [0, 0.1) is 0 Å². The van der Waals surface area contributed by atoms with Crippen LogP contribution in [0.2, 0.25) is 10.0 Å². The third kappa shape index (κ3) is 6.65. The van der Waals surface area contributed by atoms with Crippen LogP contribution in [0.4, 0.5) is 0 Å². The van der Waals surface area contributed by atoms with Crippen LogP contribution in [0.15, 0.2) is 42.5 Å². The number of halogens is 2. The molecule has 0 heterocycles. The van der Waals surface area contributed by atoms with Gasteiger partial charge in [0.1, 0.15) is 11.8 Å². The quantitative estimate of drug-likeness (QED) is 0.611. The van der Waals surface area contributed by atoms with Crippen LogP contribution >= 0.6 is 23.2 Å². The molecule has 29 heavy (non-hydrogen) atoms. The highest BCUT2D eigenvalue weighted by molar-refractivity contribution is 6.35. The van der Waals surface area contributed by atoms with Crippen LogP contribution < -0.4 is 10.1 Å². The number of benzene rings is 2. The van der Waals surface area contributed by atoms with E-state index in [-0.39, 0.29) is 18.4 Å². The van der Waals surface area contributed by atoms with Crippen molar-refractivity contribution in [2.75, 3.05) is 7.11 Å². The minimum absolute atomic E-state index is 0.0597. The van der Waals surface area contributed by atoms with Gasteiger partial charge in [0.2, 0.25) is 11.8 Å². The van der Waals surface area contributed by atoms with E-state index >= 15 is 0 Å². The molecule has 0 aliphatic rings. The number of rotatable bonds is 9. The second-order valence-electron chi connectivity index (χ2n) is 6.75. The molecule has 1 N–H and O–H groups in total. The first kappa shape index (κ1) is 23.0. The largest absolute Gasteiger partial charge is 0.497 e. The number of ether oxygens (including phenoxy) is 1. The molecule has 2 aromatic carbocycles. The van der Waals surface area contributed by atoms with Gasteiger partial charge in [0.25, 0.3) is 0 Å². The van der Waals surface area contributed by atoms with Crippen molar-refractivity contribution in [3.05, 3.63) is 63.6 Å². The summed E-state index contributed by atoms with van der Waals surface area (Å²) in [4.78, 5) is 27.0. The van der Waals surface area contributed by atoms with Crippen molar-refractivity contribution < 1.29 is 14.3 Å². The molecular formula is C22H26Cl2N2O3. The molecule has 2 aromatic rings. The second-order valence-corrected chi connectivity index (χ2v) is 7.59. The average Bonchev–Trinajstić information content (AvgIpc) is 2.71. The first-order chi connectivity index (χ1) is 13.8. The highest BCUT2D eigenvalue weighted by atomic mass is 35.5. The van der Waals surface area contributed by atoms with Gasteiger partial charge in [-0.1, -0.05) is 48.3 Å². The highest BCUT2D eigenvalue weighted by Gasteiger charge is 2.25. The van der Waals surface area contributed by atoms with Crippen molar-refractivity contribution in [2.45, 2.75) is 45.8 Å². The molecule has 0 aliphatic heterocycles. The number of carbonyl (C=O) groups excluding carboxylic acids is 2. The predicted octanol–water partition coefficient (Wildman–Crippen LogP) is 4.84. The van der Waals surface area contributed by atoms with E-state index in [0.29, 0.717) is 29.4 Å². The van der Waals surface area contributed by atoms with Crippen LogP contribution in [-0.4, -0.2) is 29.9 Å². The summed E-state index contributed by atoms with van der Waals surface area (Å²) in [6.45, 7) is 4.28. The van der Waals surface area contributed by atoms with Crippen molar-refractivity contribution in [1.29, 1.82) is 0 Å². The zero-order chi connectivity index (χ0) is 21.4. The Labute approximate surface area is 181 Å². The number of nitrogens with one attached hydrogen (secondary N) is 1. The molecule has 0 saturated carbocycles. The normalized spacial score (nSPS) is 11.6. The number of hydrogen-bond donors (Lipinski definition) is 1. The van der Waals surface area contributed by atoms with Crippen molar-refractivity contribution in [2.24, 2.45) is 0 Å². The third-order valence-electron chi connectivity index (χ3n) is 4.61. The first-order valence-electron chi connectivity index (χ1n) is 9.49. The maximum absolute atomic E-state index is 12.7. The van der Waals surface area contributed by atoms with Crippen molar-refractivity contribution in [1.82, 2.24) is 10.2 Å². The number of methoxy groups -OCH3 is 1. The number of carbonyl (C=O) groups is 2. The van der Waals surface area contributed by atoms with Crippen molar-refractivity contribution >= 4 is 35.0 Å². The Morgan fingerprint density at radius 1 is 1.14 bits per heavy atom. The molecule has 2 amide bonds. The lowest BCUT2D eigenvalue weighted by Gasteiger charge is -2.29. The Bertz CT molecular complexity index is 840. The summed E-state index contributed by atoms with van der Waals surface area (Å²) in [7, 11) is 1.60. The molecule has 0 bridgehead atoms. The van der Waals surface area contributed by atoms with Gasteiger partial charge in [-0.15, -0.1) is 0 Å². The summed E-state index contributed by atoms with van der Waals surface area (Å²) in [6, 6.07) is 12.0.